The van der Waals surface area contributed by atoms with Crippen LogP contribution in [0.2, 0.25) is 0 Å². The van der Waals surface area contributed by atoms with Crippen molar-refractivity contribution in [2.75, 3.05) is 5.32 Å². The van der Waals surface area contributed by atoms with Gasteiger partial charge < -0.3 is 14.8 Å². The van der Waals surface area contributed by atoms with Crippen LogP contribution in [-0.4, -0.2) is 21.0 Å². The van der Waals surface area contributed by atoms with Crippen molar-refractivity contribution in [2.24, 2.45) is 0 Å². The number of hydrogen-bond donors (Lipinski definition) is 2. The fourth-order valence-electron chi connectivity index (χ4n) is 1.75. The average molecular weight is 301 g/mol. The summed E-state index contributed by atoms with van der Waals surface area (Å²) in [5.74, 6) is 0.267. The fourth-order valence-corrected chi connectivity index (χ4v) is 2.52. The summed E-state index contributed by atoms with van der Waals surface area (Å²) in [5, 5.41) is 14.2. The Morgan fingerprint density at radius 2 is 2.33 bits per heavy atom. The molecule has 3 aromatic heterocycles. The first-order valence-electron chi connectivity index (χ1n) is 6.12. The summed E-state index contributed by atoms with van der Waals surface area (Å²) in [6.45, 7) is -0.174. The van der Waals surface area contributed by atoms with Crippen molar-refractivity contribution in [3.05, 3.63) is 53.5 Å². The molecule has 0 atom stereocenters. The molecule has 21 heavy (non-hydrogen) atoms. The van der Waals surface area contributed by atoms with Gasteiger partial charge in [-0.2, -0.15) is 0 Å². The van der Waals surface area contributed by atoms with E-state index in [-0.39, 0.29) is 12.5 Å². The number of anilines is 1. The number of nitrogens with one attached hydrogen (secondary N) is 1. The van der Waals surface area contributed by atoms with Crippen LogP contribution in [-0.2, 0) is 6.61 Å². The molecule has 0 radical (unpaired) electrons. The predicted octanol–water partition coefficient (Wildman–Crippen LogP) is 2.54. The zero-order chi connectivity index (χ0) is 14.7. The van der Waals surface area contributed by atoms with E-state index in [1.165, 1.54) is 17.5 Å². The number of aromatic nitrogens is 2. The van der Waals surface area contributed by atoms with E-state index < -0.39 is 0 Å². The molecular weight excluding hydrogens is 290 g/mol. The van der Waals surface area contributed by atoms with Crippen molar-refractivity contribution in [2.45, 2.75) is 6.61 Å². The molecule has 0 spiro atoms. The number of hydrogen-bond acceptors (Lipinski definition) is 6. The van der Waals surface area contributed by atoms with Crippen molar-refractivity contribution in [3.8, 4) is 10.8 Å². The molecule has 1 amide bonds. The van der Waals surface area contributed by atoms with E-state index in [4.69, 9.17) is 4.42 Å². The summed E-state index contributed by atoms with van der Waals surface area (Å²) < 4.78 is 5.24. The lowest BCUT2D eigenvalue weighted by atomic mass is 10.2. The van der Waals surface area contributed by atoms with E-state index in [0.717, 1.165) is 0 Å². The van der Waals surface area contributed by atoms with E-state index in [9.17, 15) is 9.90 Å². The Morgan fingerprint density at radius 3 is 3.10 bits per heavy atom. The number of furan rings is 1. The van der Waals surface area contributed by atoms with E-state index in [0.29, 0.717) is 27.7 Å². The van der Waals surface area contributed by atoms with Crippen LogP contribution < -0.4 is 5.32 Å². The molecule has 0 saturated carbocycles. The van der Waals surface area contributed by atoms with Gasteiger partial charge in [0.1, 0.15) is 5.69 Å². The molecule has 0 aliphatic carbocycles. The molecule has 0 bridgehead atoms. The summed E-state index contributed by atoms with van der Waals surface area (Å²) in [7, 11) is 0. The number of aliphatic hydroxyl groups is 1. The molecule has 3 heterocycles. The Labute approximate surface area is 124 Å². The van der Waals surface area contributed by atoms with Crippen LogP contribution in [0.3, 0.4) is 0 Å². The average Bonchev–Trinajstić information content (AvgIpc) is 3.18. The first kappa shape index (κ1) is 13.5. The number of thiazole rings is 1. The topological polar surface area (TPSA) is 88.2 Å². The Balaban J connectivity index is 1.80. The summed E-state index contributed by atoms with van der Waals surface area (Å²) in [6.07, 6.45) is 4.60. The number of carbonyl (C=O) groups excluding carboxylic acids is 1. The number of amides is 1. The second-order valence-corrected chi connectivity index (χ2v) is 5.02. The van der Waals surface area contributed by atoms with Crippen LogP contribution in [0.1, 0.15) is 16.1 Å². The van der Waals surface area contributed by atoms with E-state index in [1.807, 2.05) is 0 Å². The lowest BCUT2D eigenvalue weighted by molar-refractivity contribution is 0.102. The van der Waals surface area contributed by atoms with Gasteiger partial charge in [-0.1, -0.05) is 0 Å². The molecule has 0 aliphatic heterocycles. The maximum atomic E-state index is 12.2. The summed E-state index contributed by atoms with van der Waals surface area (Å²) in [6, 6.07) is 5.19. The van der Waals surface area contributed by atoms with Gasteiger partial charge >= 0.3 is 0 Å². The molecule has 2 N–H and O–H groups in total. The second kappa shape index (κ2) is 5.86. The molecule has 7 heteroatoms. The Kier molecular flexibility index (Phi) is 3.76. The lowest BCUT2D eigenvalue weighted by Crippen LogP contribution is -2.14. The minimum absolute atomic E-state index is 0.174. The van der Waals surface area contributed by atoms with Gasteiger partial charge in [0.15, 0.2) is 10.8 Å². The molecule has 6 nitrogen and oxygen atoms in total. The summed E-state index contributed by atoms with van der Waals surface area (Å²) >= 11 is 1.33. The van der Waals surface area contributed by atoms with Crippen molar-refractivity contribution >= 4 is 22.9 Å². The normalized spacial score (nSPS) is 10.5. The lowest BCUT2D eigenvalue weighted by Gasteiger charge is -2.06. The molecule has 0 fully saturated rings. The molecule has 0 aliphatic rings. The van der Waals surface area contributed by atoms with Crippen LogP contribution in [0.5, 0.6) is 0 Å². The van der Waals surface area contributed by atoms with Crippen LogP contribution in [0, 0.1) is 0 Å². The fraction of sp³-hybridized carbons (Fsp3) is 0.0714. The monoisotopic (exact) mass is 301 g/mol. The third-order valence-corrected chi connectivity index (χ3v) is 3.66. The third kappa shape index (κ3) is 2.83. The number of rotatable bonds is 4. The molecule has 0 unspecified atom stereocenters. The minimum Gasteiger partial charge on any atom is -0.462 e. The van der Waals surface area contributed by atoms with Gasteiger partial charge in [-0.25, -0.2) is 4.98 Å². The van der Waals surface area contributed by atoms with Gasteiger partial charge in [0.05, 0.1) is 24.8 Å². The maximum absolute atomic E-state index is 12.2. The molecular formula is C14H11N3O3S. The standard InChI is InChI=1S/C14H11N3O3S/c18-7-9-3-4-15-6-10(9)16-13(19)11-8-21-14(17-11)12-2-1-5-20-12/h1-6,8,18H,7H2,(H,16,19). The Bertz CT molecular complexity index is 752. The SMILES string of the molecule is O=C(Nc1cnccc1CO)c1csc(-c2ccco2)n1. The number of aliphatic hydroxyl groups excluding tert-OH is 1. The summed E-state index contributed by atoms with van der Waals surface area (Å²) in [4.78, 5) is 20.3. The molecule has 0 saturated heterocycles. The first-order chi connectivity index (χ1) is 10.3. The Morgan fingerprint density at radius 1 is 1.43 bits per heavy atom. The van der Waals surface area contributed by atoms with Crippen LogP contribution >= 0.6 is 11.3 Å². The quantitative estimate of drug-likeness (QED) is 0.773. The number of nitrogens with zero attached hydrogens (tertiary/aromatic N) is 2. The molecule has 3 aromatic rings. The number of carbonyl (C=O) groups is 1. The predicted molar refractivity (Wildman–Crippen MR) is 77.9 cm³/mol. The Hall–Kier alpha value is -2.51. The van der Waals surface area contributed by atoms with E-state index in [2.05, 4.69) is 15.3 Å². The van der Waals surface area contributed by atoms with Gasteiger partial charge in [-0.3, -0.25) is 9.78 Å². The van der Waals surface area contributed by atoms with Gasteiger partial charge in [0, 0.05) is 17.1 Å². The highest BCUT2D eigenvalue weighted by molar-refractivity contribution is 7.13. The van der Waals surface area contributed by atoms with Crippen molar-refractivity contribution in [1.29, 1.82) is 0 Å². The highest BCUT2D eigenvalue weighted by Gasteiger charge is 2.14. The first-order valence-corrected chi connectivity index (χ1v) is 7.00. The maximum Gasteiger partial charge on any atom is 0.275 e. The zero-order valence-electron chi connectivity index (χ0n) is 10.8. The highest BCUT2D eigenvalue weighted by atomic mass is 32.1. The van der Waals surface area contributed by atoms with Gasteiger partial charge in [0.25, 0.3) is 5.91 Å². The largest absolute Gasteiger partial charge is 0.462 e. The van der Waals surface area contributed by atoms with Crippen LogP contribution in [0.15, 0.2) is 46.7 Å². The number of pyridine rings is 1. The minimum atomic E-state index is -0.355. The zero-order valence-corrected chi connectivity index (χ0v) is 11.6. The third-order valence-electron chi connectivity index (χ3n) is 2.80. The molecule has 3 rings (SSSR count). The molecule has 106 valence electrons. The van der Waals surface area contributed by atoms with E-state index in [1.54, 1.807) is 36.0 Å². The molecule has 0 aromatic carbocycles. The van der Waals surface area contributed by atoms with Crippen LogP contribution in [0.4, 0.5) is 5.69 Å². The van der Waals surface area contributed by atoms with Crippen molar-refractivity contribution in [1.82, 2.24) is 9.97 Å². The van der Waals surface area contributed by atoms with Crippen molar-refractivity contribution < 1.29 is 14.3 Å². The van der Waals surface area contributed by atoms with Crippen molar-refractivity contribution in [3.63, 3.8) is 0 Å². The second-order valence-electron chi connectivity index (χ2n) is 4.16. The van der Waals surface area contributed by atoms with Gasteiger partial charge in [-0.05, 0) is 18.2 Å². The summed E-state index contributed by atoms with van der Waals surface area (Å²) in [5.41, 5.74) is 1.36. The van der Waals surface area contributed by atoms with E-state index >= 15 is 0 Å². The van der Waals surface area contributed by atoms with Crippen LogP contribution in [0.25, 0.3) is 10.8 Å². The van der Waals surface area contributed by atoms with Gasteiger partial charge in [0.2, 0.25) is 0 Å². The smallest absolute Gasteiger partial charge is 0.275 e. The van der Waals surface area contributed by atoms with Gasteiger partial charge in [-0.15, -0.1) is 11.3 Å². The highest BCUT2D eigenvalue weighted by Crippen LogP contribution is 2.24.